The molecule has 0 unspecified atom stereocenters. The molecular formula is C50H77N9O7S7. The highest BCUT2D eigenvalue weighted by molar-refractivity contribution is 7.60. The van der Waals surface area contributed by atoms with Gasteiger partial charge in [0.05, 0.1) is 34.8 Å². The summed E-state index contributed by atoms with van der Waals surface area (Å²) < 4.78 is 14.3. The van der Waals surface area contributed by atoms with Crippen molar-refractivity contribution in [3.05, 3.63) is 70.8 Å². The molecule has 3 aromatic heterocycles. The molecular weight excluding hydrogens is 1060 g/mol. The normalized spacial score (nSPS) is 21.0. The van der Waals surface area contributed by atoms with Crippen molar-refractivity contribution >= 4 is 133 Å². The molecule has 0 aliphatic carbocycles. The molecule has 7 heterocycles. The zero-order valence-electron chi connectivity index (χ0n) is 43.0. The first-order valence-electron chi connectivity index (χ1n) is 23.6. The van der Waals surface area contributed by atoms with Crippen LogP contribution in [0.5, 0.6) is 0 Å². The van der Waals surface area contributed by atoms with Gasteiger partial charge in [0, 0.05) is 104 Å². The van der Waals surface area contributed by atoms with Gasteiger partial charge in [0.1, 0.15) is 18.1 Å². The highest BCUT2D eigenvalue weighted by atomic mass is 32.1. The number of esters is 1. The number of carbonyl (C=O) groups excluding carboxylic acids is 5. The number of nitrogens with zero attached hydrogens (tertiary/aromatic N) is 7. The number of likely N-dealkylation sites (tertiary alicyclic amines) is 2. The smallest absolute Gasteiger partial charge is 0.324 e. The first-order valence-corrected chi connectivity index (χ1v) is 24.5. The number of amides is 5. The van der Waals surface area contributed by atoms with Crippen LogP contribution in [0.4, 0.5) is 4.79 Å². The van der Waals surface area contributed by atoms with Crippen molar-refractivity contribution in [2.24, 2.45) is 17.3 Å². The number of benzene rings is 1. The summed E-state index contributed by atoms with van der Waals surface area (Å²) in [5.74, 6) is -1.59. The van der Waals surface area contributed by atoms with Crippen LogP contribution < -0.4 is 10.7 Å². The first-order chi connectivity index (χ1) is 32.0. The minimum atomic E-state index is -1.07. The quantitative estimate of drug-likeness (QED) is 0.136. The van der Waals surface area contributed by atoms with E-state index in [9.17, 15) is 24.0 Å². The molecule has 6 atom stereocenters. The molecule has 4 aliphatic heterocycles. The molecule has 3 saturated heterocycles. The van der Waals surface area contributed by atoms with Crippen molar-refractivity contribution in [1.29, 1.82) is 0 Å². The minimum absolute atomic E-state index is 0. The van der Waals surface area contributed by atoms with Crippen LogP contribution in [0.25, 0.3) is 33.4 Å². The Morgan fingerprint density at radius 3 is 2.44 bits per heavy atom. The molecule has 16 nitrogen and oxygen atoms in total. The van der Waals surface area contributed by atoms with Crippen LogP contribution in [0.1, 0.15) is 83.2 Å². The number of cyclic esters (lactones) is 1. The average Bonchev–Trinajstić information content (AvgIpc) is 3.91. The lowest BCUT2D eigenvalue weighted by molar-refractivity contribution is -0.155. The van der Waals surface area contributed by atoms with Gasteiger partial charge in [-0.2, -0.15) is 81.0 Å². The van der Waals surface area contributed by atoms with Crippen LogP contribution in [-0.4, -0.2) is 135 Å². The fourth-order valence-corrected chi connectivity index (χ4v) is 11.3. The van der Waals surface area contributed by atoms with E-state index in [1.807, 2.05) is 32.2 Å². The Kier molecular flexibility index (Phi) is 24.7. The van der Waals surface area contributed by atoms with Gasteiger partial charge in [-0.3, -0.25) is 29.2 Å². The van der Waals surface area contributed by atoms with E-state index in [0.717, 1.165) is 44.7 Å². The maximum absolute atomic E-state index is 14.7. The van der Waals surface area contributed by atoms with E-state index in [4.69, 9.17) is 19.4 Å². The molecule has 0 spiro atoms. The number of piperidine rings is 1. The van der Waals surface area contributed by atoms with Crippen molar-refractivity contribution in [1.82, 2.24) is 45.0 Å². The molecule has 3 fully saturated rings. The zero-order chi connectivity index (χ0) is 47.9. The number of methoxy groups -OCH3 is 1. The van der Waals surface area contributed by atoms with E-state index in [1.165, 1.54) is 27.3 Å². The maximum atomic E-state index is 14.7. The molecule has 4 aliphatic rings. The van der Waals surface area contributed by atoms with Crippen LogP contribution in [0.15, 0.2) is 54.6 Å². The van der Waals surface area contributed by atoms with Gasteiger partial charge in [0.25, 0.3) is 5.91 Å². The zero-order valence-corrected chi connectivity index (χ0v) is 49.9. The number of thiazole rings is 1. The number of hydrogen-bond donors (Lipinski definition) is 2. The van der Waals surface area contributed by atoms with E-state index >= 15 is 0 Å². The van der Waals surface area contributed by atoms with Crippen LogP contribution in [-0.2, 0) is 48.0 Å². The average molecular weight is 1140 g/mol. The second kappa shape index (κ2) is 27.5. The third-order valence-electron chi connectivity index (χ3n) is 14.0. The number of rotatable bonds is 9. The molecule has 406 valence electrons. The summed E-state index contributed by atoms with van der Waals surface area (Å²) >= 11 is 1.41. The van der Waals surface area contributed by atoms with Crippen molar-refractivity contribution < 1.29 is 33.4 Å². The molecule has 23 heteroatoms. The second-order valence-electron chi connectivity index (χ2n) is 19.6. The molecule has 4 aromatic rings. The number of hydrazine groups is 1. The summed E-state index contributed by atoms with van der Waals surface area (Å²) in [5, 5.41) is 8.16. The van der Waals surface area contributed by atoms with Crippen molar-refractivity contribution in [3.8, 4) is 22.5 Å². The number of hydrogen-bond acceptors (Lipinski definition) is 11. The number of urea groups is 1. The Bertz CT molecular complexity index is 2580. The predicted octanol–water partition coefficient (Wildman–Crippen LogP) is 6.67. The predicted molar refractivity (Wildman–Crippen MR) is 319 cm³/mol. The fraction of sp³-hybridized carbons (Fsp3) is 0.540. The summed E-state index contributed by atoms with van der Waals surface area (Å²) in [4.78, 5) is 84.4. The number of aromatic nitrogens is 3. The number of ether oxygens (including phenoxy) is 2. The number of aryl methyl sites for hydroxylation is 1. The summed E-state index contributed by atoms with van der Waals surface area (Å²) in [6, 6.07) is 7.37. The summed E-state index contributed by atoms with van der Waals surface area (Å²) in [7, 11) is 3.32. The monoisotopic (exact) mass is 1140 g/mol. The fourth-order valence-electron chi connectivity index (χ4n) is 10.5. The van der Waals surface area contributed by atoms with Gasteiger partial charge in [0.15, 0.2) is 0 Å². The highest BCUT2D eigenvalue weighted by Gasteiger charge is 2.48. The molecule has 6 bridgehead atoms. The second-order valence-corrected chi connectivity index (χ2v) is 20.6. The SMILES string of the molecule is C=CC(=O)N1CC[C@H]2[C@@H](C1)CN2C(=O)N(C)[C@H](C(=O)N[C@H]1Cc2nc(cs2)-c2ccc3c(c2)c(c(-c2cccnc2[C@H](C)OC)n3CC)CC(C)(C)COC(=O)[C@@H]2CCCN(N2)C1=O)C(C)C.S.S.S.S.S.S. The van der Waals surface area contributed by atoms with E-state index in [0.29, 0.717) is 63.4 Å². The Balaban J connectivity index is 0.00000304. The van der Waals surface area contributed by atoms with Gasteiger partial charge >= 0.3 is 12.0 Å². The molecule has 1 aromatic carbocycles. The summed E-state index contributed by atoms with van der Waals surface area (Å²) in [6.45, 7) is 18.4. The Morgan fingerprint density at radius 1 is 1.05 bits per heavy atom. The topological polar surface area (TPSA) is 172 Å². The van der Waals surface area contributed by atoms with Gasteiger partial charge in [-0.25, -0.2) is 15.2 Å². The first kappa shape index (κ1) is 65.6. The Hall–Kier alpha value is -3.55. The van der Waals surface area contributed by atoms with Crippen LogP contribution >= 0.6 is 92.3 Å². The number of carbonyl (C=O) groups is 5. The summed E-state index contributed by atoms with van der Waals surface area (Å²) in [6.07, 6.45) is 5.18. The molecule has 0 saturated carbocycles. The van der Waals surface area contributed by atoms with Crippen molar-refractivity contribution in [3.63, 3.8) is 0 Å². The van der Waals surface area contributed by atoms with Gasteiger partial charge in [-0.15, -0.1) is 11.3 Å². The number of pyridine rings is 1. The molecule has 5 amide bonds. The van der Waals surface area contributed by atoms with E-state index < -0.39 is 41.3 Å². The molecule has 0 radical (unpaired) electrons. The number of likely N-dealkylation sites (N-methyl/N-ethyl adjacent to an activating group) is 1. The van der Waals surface area contributed by atoms with Crippen LogP contribution in [0, 0.1) is 17.3 Å². The largest absolute Gasteiger partial charge is 0.464 e. The van der Waals surface area contributed by atoms with Crippen molar-refractivity contribution in [2.75, 3.05) is 46.9 Å². The van der Waals surface area contributed by atoms with Gasteiger partial charge < -0.3 is 34.1 Å². The van der Waals surface area contributed by atoms with E-state index in [2.05, 4.69) is 66.9 Å². The maximum Gasteiger partial charge on any atom is 0.324 e. The lowest BCUT2D eigenvalue weighted by atomic mass is 9.82. The highest BCUT2D eigenvalue weighted by Crippen LogP contribution is 2.42. The third-order valence-corrected chi connectivity index (χ3v) is 14.9. The molecule has 73 heavy (non-hydrogen) atoms. The Morgan fingerprint density at radius 2 is 1.78 bits per heavy atom. The standard InChI is InChI=1S/C50H65N9O7S.6H2S/c1-10-42(60)56-21-18-39-32(25-56)26-58(39)49(64)55(8)44(29(3)4)46(61)53-37-23-41-52-38(27-67-41)31-16-17-40-34(22-31)35(45(57(40)11-2)33-14-12-19-51-43(33)30(5)65-9)24-50(6,7)28-66-48(63)36-15-13-20-59(54-36)47(37)62;;;;;;/h10,12,14,16-17,19,22,27,29-30,32,36-37,39,44,54H,1,11,13,15,18,20-21,23-26,28H2,2-9H3,(H,53,61);6*1H2/t30-,32-,36-,37-,39-,44-;;;;;;/m0....../s1. The minimum Gasteiger partial charge on any atom is -0.464 e. The lowest BCUT2D eigenvalue weighted by Gasteiger charge is -2.54. The lowest BCUT2D eigenvalue weighted by Crippen LogP contribution is -2.68. The van der Waals surface area contributed by atoms with Crippen LogP contribution in [0.2, 0.25) is 0 Å². The molecule has 2 N–H and O–H groups in total. The van der Waals surface area contributed by atoms with Gasteiger partial charge in [-0.1, -0.05) is 40.3 Å². The van der Waals surface area contributed by atoms with E-state index in [1.54, 1.807) is 30.2 Å². The Labute approximate surface area is 476 Å². The number of nitrogens with one attached hydrogen (secondary N) is 2. The summed E-state index contributed by atoms with van der Waals surface area (Å²) in [5.41, 5.74) is 9.29. The van der Waals surface area contributed by atoms with Crippen molar-refractivity contribution in [2.45, 2.75) is 110 Å². The number of fused-ring (bicyclic) bond motifs is 7. The van der Waals surface area contributed by atoms with Gasteiger partial charge in [-0.05, 0) is 81.4 Å². The molecule has 8 rings (SSSR count). The third kappa shape index (κ3) is 13.5. The van der Waals surface area contributed by atoms with Gasteiger partial charge in [0.2, 0.25) is 11.8 Å². The van der Waals surface area contributed by atoms with E-state index in [-0.39, 0.29) is 130 Å². The van der Waals surface area contributed by atoms with Crippen LogP contribution in [0.3, 0.4) is 0 Å².